The molecule has 29 heavy (non-hydrogen) atoms. The average molecular weight is 392 g/mol. The van der Waals surface area contributed by atoms with Gasteiger partial charge in [-0.2, -0.15) is 0 Å². The highest BCUT2D eigenvalue weighted by Gasteiger charge is 2.37. The molecule has 2 aromatic rings. The molecule has 1 aliphatic carbocycles. The van der Waals surface area contributed by atoms with Crippen molar-refractivity contribution >= 4 is 23.6 Å². The van der Waals surface area contributed by atoms with Gasteiger partial charge in [-0.05, 0) is 67.8 Å². The summed E-state index contributed by atoms with van der Waals surface area (Å²) in [6, 6.07) is 13.0. The summed E-state index contributed by atoms with van der Waals surface area (Å²) in [5.41, 5.74) is 0.312. The minimum atomic E-state index is -1.28. The number of carbonyl (C=O) groups excluding carboxylic acids is 3. The Hall–Kier alpha value is -3.05. The van der Waals surface area contributed by atoms with Gasteiger partial charge in [0.25, 0.3) is 0 Å². The number of carbonyl (C=O) groups is 3. The molecule has 3 rings (SSSR count). The number of esters is 1. The van der Waals surface area contributed by atoms with Gasteiger partial charge < -0.3 is 9.84 Å². The maximum atomic E-state index is 12.6. The predicted molar refractivity (Wildman–Crippen MR) is 110 cm³/mol. The first kappa shape index (κ1) is 20.7. The SMILES string of the molecule is CC(=O)/C=C/c1ccc(C(=O)Oc2ccc(C(=O)C3(O)CCCCC3)cc2)cc1. The number of hydrogen-bond donors (Lipinski definition) is 1. The number of ketones is 2. The summed E-state index contributed by atoms with van der Waals surface area (Å²) in [7, 11) is 0. The van der Waals surface area contributed by atoms with Gasteiger partial charge in [0.2, 0.25) is 0 Å². The summed E-state index contributed by atoms with van der Waals surface area (Å²) in [6.07, 6.45) is 6.84. The minimum Gasteiger partial charge on any atom is -0.423 e. The molecule has 0 aliphatic heterocycles. The maximum absolute atomic E-state index is 12.6. The van der Waals surface area contributed by atoms with E-state index in [0.29, 0.717) is 29.7 Å². The largest absolute Gasteiger partial charge is 0.423 e. The standard InChI is InChI=1S/C24H24O5/c1-17(25)5-6-18-7-9-20(10-8-18)23(27)29-21-13-11-19(12-14-21)22(26)24(28)15-3-2-4-16-24/h5-14,28H,2-4,15-16H2,1H3/b6-5+. The summed E-state index contributed by atoms with van der Waals surface area (Å²) < 4.78 is 5.36. The van der Waals surface area contributed by atoms with Crippen LogP contribution in [0.1, 0.15) is 65.3 Å². The lowest BCUT2D eigenvalue weighted by atomic mass is 9.79. The van der Waals surface area contributed by atoms with Gasteiger partial charge in [-0.15, -0.1) is 0 Å². The first-order valence-corrected chi connectivity index (χ1v) is 9.75. The Bertz CT molecular complexity index is 917. The lowest BCUT2D eigenvalue weighted by Gasteiger charge is -2.30. The van der Waals surface area contributed by atoms with Gasteiger partial charge in [0, 0.05) is 5.56 Å². The predicted octanol–water partition coefficient (Wildman–Crippen LogP) is 4.39. The van der Waals surface area contributed by atoms with E-state index in [0.717, 1.165) is 24.8 Å². The van der Waals surface area contributed by atoms with Gasteiger partial charge in [-0.3, -0.25) is 9.59 Å². The normalized spacial score (nSPS) is 15.8. The van der Waals surface area contributed by atoms with Gasteiger partial charge in [0.05, 0.1) is 5.56 Å². The zero-order valence-electron chi connectivity index (χ0n) is 16.4. The van der Waals surface area contributed by atoms with Crippen LogP contribution >= 0.6 is 0 Å². The first-order chi connectivity index (χ1) is 13.9. The van der Waals surface area contributed by atoms with Crippen molar-refractivity contribution < 1.29 is 24.2 Å². The Labute approximate surface area is 170 Å². The van der Waals surface area contributed by atoms with E-state index in [1.54, 1.807) is 54.6 Å². The fraction of sp³-hybridized carbons (Fsp3) is 0.292. The summed E-state index contributed by atoms with van der Waals surface area (Å²) in [5, 5.41) is 10.6. The number of allylic oxidation sites excluding steroid dienone is 1. The molecule has 0 radical (unpaired) electrons. The Morgan fingerprint density at radius 3 is 2.07 bits per heavy atom. The summed E-state index contributed by atoms with van der Waals surface area (Å²) >= 11 is 0. The molecule has 1 fully saturated rings. The van der Waals surface area contributed by atoms with Crippen LogP contribution in [0.3, 0.4) is 0 Å². The van der Waals surface area contributed by atoms with Crippen LogP contribution in [0.2, 0.25) is 0 Å². The molecule has 5 heteroatoms. The van der Waals surface area contributed by atoms with Crippen LogP contribution in [-0.2, 0) is 4.79 Å². The van der Waals surface area contributed by atoms with Crippen LogP contribution in [0, 0.1) is 0 Å². The van der Waals surface area contributed by atoms with Crippen molar-refractivity contribution in [2.45, 2.75) is 44.6 Å². The maximum Gasteiger partial charge on any atom is 0.343 e. The third kappa shape index (κ3) is 5.27. The number of aliphatic hydroxyl groups is 1. The second-order valence-electron chi connectivity index (χ2n) is 7.40. The van der Waals surface area contributed by atoms with Crippen molar-refractivity contribution in [3.05, 3.63) is 71.3 Å². The van der Waals surface area contributed by atoms with Crippen LogP contribution in [0.5, 0.6) is 5.75 Å². The minimum absolute atomic E-state index is 0.0500. The number of ether oxygens (including phenoxy) is 1. The number of hydrogen-bond acceptors (Lipinski definition) is 5. The number of Topliss-reactive ketones (excluding diaryl/α,β-unsaturated/α-hetero) is 1. The molecule has 0 heterocycles. The van der Waals surface area contributed by atoms with Gasteiger partial charge in [0.1, 0.15) is 11.4 Å². The molecule has 2 aromatic carbocycles. The molecule has 0 saturated heterocycles. The molecule has 1 saturated carbocycles. The molecule has 0 bridgehead atoms. The van der Waals surface area contributed by atoms with Crippen LogP contribution in [-0.4, -0.2) is 28.2 Å². The van der Waals surface area contributed by atoms with E-state index >= 15 is 0 Å². The highest BCUT2D eigenvalue weighted by atomic mass is 16.5. The highest BCUT2D eigenvalue weighted by molar-refractivity contribution is 6.02. The van der Waals surface area contributed by atoms with E-state index < -0.39 is 11.6 Å². The third-order valence-corrected chi connectivity index (χ3v) is 5.09. The van der Waals surface area contributed by atoms with E-state index in [1.807, 2.05) is 0 Å². The zero-order valence-corrected chi connectivity index (χ0v) is 16.4. The van der Waals surface area contributed by atoms with Gasteiger partial charge >= 0.3 is 5.97 Å². The fourth-order valence-electron chi connectivity index (χ4n) is 3.42. The average Bonchev–Trinajstić information content (AvgIpc) is 2.73. The topological polar surface area (TPSA) is 80.7 Å². The second kappa shape index (κ2) is 8.97. The summed E-state index contributed by atoms with van der Waals surface area (Å²) in [4.78, 5) is 35.9. The second-order valence-corrected chi connectivity index (χ2v) is 7.40. The molecule has 0 unspecified atom stereocenters. The van der Waals surface area contributed by atoms with Crippen LogP contribution in [0.4, 0.5) is 0 Å². The Morgan fingerprint density at radius 2 is 1.48 bits per heavy atom. The Balaban J connectivity index is 1.64. The molecule has 5 nitrogen and oxygen atoms in total. The van der Waals surface area contributed by atoms with Crippen molar-refractivity contribution in [3.63, 3.8) is 0 Å². The zero-order chi connectivity index (χ0) is 20.9. The molecule has 1 N–H and O–H groups in total. The van der Waals surface area contributed by atoms with E-state index in [-0.39, 0.29) is 11.6 Å². The molecule has 0 aromatic heterocycles. The van der Waals surface area contributed by atoms with E-state index in [9.17, 15) is 19.5 Å². The van der Waals surface area contributed by atoms with Crippen molar-refractivity contribution in [3.8, 4) is 5.75 Å². The smallest absolute Gasteiger partial charge is 0.343 e. The molecular weight excluding hydrogens is 368 g/mol. The van der Waals surface area contributed by atoms with Crippen molar-refractivity contribution in [2.24, 2.45) is 0 Å². The quantitative estimate of drug-likeness (QED) is 0.341. The van der Waals surface area contributed by atoms with Crippen LogP contribution in [0.25, 0.3) is 6.08 Å². The van der Waals surface area contributed by atoms with Gasteiger partial charge in [-0.1, -0.05) is 37.5 Å². The molecule has 1 aliphatic rings. The lowest BCUT2D eigenvalue weighted by Crippen LogP contribution is -2.40. The van der Waals surface area contributed by atoms with Crippen LogP contribution in [0.15, 0.2) is 54.6 Å². The van der Waals surface area contributed by atoms with Crippen LogP contribution < -0.4 is 4.74 Å². The molecular formula is C24H24O5. The third-order valence-electron chi connectivity index (χ3n) is 5.09. The Morgan fingerprint density at radius 1 is 0.897 bits per heavy atom. The number of benzene rings is 2. The molecule has 150 valence electrons. The summed E-state index contributed by atoms with van der Waals surface area (Å²) in [5.74, 6) is -0.518. The lowest BCUT2D eigenvalue weighted by molar-refractivity contribution is -0.112. The van der Waals surface area contributed by atoms with Gasteiger partial charge in [0.15, 0.2) is 11.6 Å². The highest BCUT2D eigenvalue weighted by Crippen LogP contribution is 2.31. The van der Waals surface area contributed by atoms with Crippen molar-refractivity contribution in [1.29, 1.82) is 0 Å². The van der Waals surface area contributed by atoms with Gasteiger partial charge in [-0.25, -0.2) is 4.79 Å². The fourth-order valence-corrected chi connectivity index (χ4v) is 3.42. The van der Waals surface area contributed by atoms with E-state index in [4.69, 9.17) is 4.74 Å². The monoisotopic (exact) mass is 392 g/mol. The van der Waals surface area contributed by atoms with Crippen molar-refractivity contribution in [1.82, 2.24) is 0 Å². The number of rotatable bonds is 6. The molecule has 0 spiro atoms. The van der Waals surface area contributed by atoms with Crippen molar-refractivity contribution in [2.75, 3.05) is 0 Å². The molecule has 0 atom stereocenters. The Kier molecular flexibility index (Phi) is 6.39. The summed E-state index contributed by atoms with van der Waals surface area (Å²) in [6.45, 7) is 1.47. The van der Waals surface area contributed by atoms with E-state index in [1.165, 1.54) is 13.0 Å². The first-order valence-electron chi connectivity index (χ1n) is 9.75. The molecule has 0 amide bonds. The van der Waals surface area contributed by atoms with E-state index in [2.05, 4.69) is 0 Å².